The molecule has 1 aromatic heterocycles. The van der Waals surface area contributed by atoms with E-state index in [2.05, 4.69) is 6.07 Å². The molecule has 2 aromatic rings. The van der Waals surface area contributed by atoms with Crippen molar-refractivity contribution < 1.29 is 14.3 Å². The second-order valence-electron chi connectivity index (χ2n) is 6.60. The lowest BCUT2D eigenvalue weighted by Gasteiger charge is -2.27. The number of nitrogens with two attached hydrogens (primary N) is 1. The van der Waals surface area contributed by atoms with Crippen LogP contribution in [-0.2, 0) is 11.3 Å². The van der Waals surface area contributed by atoms with Gasteiger partial charge in [-0.05, 0) is 42.8 Å². The molecule has 1 fully saturated rings. The van der Waals surface area contributed by atoms with Crippen molar-refractivity contribution in [2.75, 3.05) is 18.1 Å². The molecular weight excluding hydrogens is 336 g/mol. The third-order valence-corrected chi connectivity index (χ3v) is 5.68. The zero-order chi connectivity index (χ0) is 17.2. The van der Waals surface area contributed by atoms with Crippen molar-refractivity contribution in [3.63, 3.8) is 0 Å². The molecule has 0 bridgehead atoms. The van der Waals surface area contributed by atoms with Crippen LogP contribution in [0.2, 0.25) is 0 Å². The summed E-state index contributed by atoms with van der Waals surface area (Å²) < 4.78 is 11.3. The minimum Gasteiger partial charge on any atom is -0.486 e. The summed E-state index contributed by atoms with van der Waals surface area (Å²) in [5.74, 6) is 1.60. The molecule has 1 aliphatic carbocycles. The van der Waals surface area contributed by atoms with Crippen molar-refractivity contribution in [3.05, 3.63) is 40.6 Å². The summed E-state index contributed by atoms with van der Waals surface area (Å²) >= 11 is 1.66. The van der Waals surface area contributed by atoms with Crippen molar-refractivity contribution in [1.29, 1.82) is 0 Å². The first kappa shape index (κ1) is 16.4. The highest BCUT2D eigenvalue weighted by atomic mass is 32.1. The van der Waals surface area contributed by atoms with E-state index in [0.717, 1.165) is 35.6 Å². The Balaban J connectivity index is 1.63. The van der Waals surface area contributed by atoms with Crippen LogP contribution in [0, 0.1) is 5.92 Å². The van der Waals surface area contributed by atoms with Gasteiger partial charge >= 0.3 is 0 Å². The Bertz CT molecular complexity index is 747. The van der Waals surface area contributed by atoms with E-state index in [4.69, 9.17) is 15.2 Å². The van der Waals surface area contributed by atoms with Crippen molar-refractivity contribution in [2.45, 2.75) is 31.8 Å². The van der Waals surface area contributed by atoms with Gasteiger partial charge in [0.25, 0.3) is 0 Å². The van der Waals surface area contributed by atoms with Crippen LogP contribution in [0.5, 0.6) is 11.5 Å². The first-order valence-corrected chi connectivity index (χ1v) is 9.57. The van der Waals surface area contributed by atoms with Crippen LogP contribution in [-0.4, -0.2) is 25.2 Å². The van der Waals surface area contributed by atoms with E-state index in [1.807, 2.05) is 34.5 Å². The highest BCUT2D eigenvalue weighted by molar-refractivity contribution is 7.09. The monoisotopic (exact) mass is 358 g/mol. The van der Waals surface area contributed by atoms with E-state index >= 15 is 0 Å². The Morgan fingerprint density at radius 3 is 2.76 bits per heavy atom. The largest absolute Gasteiger partial charge is 0.486 e. The van der Waals surface area contributed by atoms with E-state index in [-0.39, 0.29) is 17.9 Å². The molecule has 6 heteroatoms. The lowest BCUT2D eigenvalue weighted by Crippen LogP contribution is -2.35. The molecule has 1 aromatic carbocycles. The zero-order valence-corrected chi connectivity index (χ0v) is 14.8. The lowest BCUT2D eigenvalue weighted by atomic mass is 10.1. The maximum Gasteiger partial charge on any atom is 0.230 e. The first-order chi connectivity index (χ1) is 12.2. The molecule has 25 heavy (non-hydrogen) atoms. The Hall–Kier alpha value is -2.05. The molecule has 2 heterocycles. The molecular formula is C19H22N2O3S. The molecule has 1 saturated carbocycles. The van der Waals surface area contributed by atoms with E-state index < -0.39 is 0 Å². The fraction of sp³-hybridized carbons (Fsp3) is 0.421. The second-order valence-corrected chi connectivity index (χ2v) is 7.63. The van der Waals surface area contributed by atoms with Gasteiger partial charge in [0.15, 0.2) is 11.5 Å². The number of carbonyl (C=O) groups is 1. The number of nitrogens with zero attached hydrogens (tertiary/aromatic N) is 1. The smallest absolute Gasteiger partial charge is 0.230 e. The van der Waals surface area contributed by atoms with Gasteiger partial charge in [-0.2, -0.15) is 0 Å². The molecule has 0 spiro atoms. The number of ether oxygens (including phenoxy) is 2. The zero-order valence-electron chi connectivity index (χ0n) is 14.0. The minimum absolute atomic E-state index is 0.00293. The molecule has 2 N–H and O–H groups in total. The third-order valence-electron chi connectivity index (χ3n) is 4.82. The van der Waals surface area contributed by atoms with Gasteiger partial charge in [0.1, 0.15) is 13.2 Å². The molecule has 2 aliphatic rings. The number of amides is 1. The number of anilines is 1. The van der Waals surface area contributed by atoms with Crippen molar-refractivity contribution in [3.8, 4) is 11.5 Å². The van der Waals surface area contributed by atoms with Crippen molar-refractivity contribution in [2.24, 2.45) is 11.7 Å². The minimum atomic E-state index is 0.00293. The van der Waals surface area contributed by atoms with Crippen LogP contribution < -0.4 is 20.1 Å². The average molecular weight is 358 g/mol. The number of benzene rings is 1. The van der Waals surface area contributed by atoms with Crippen LogP contribution in [0.1, 0.15) is 24.1 Å². The molecule has 0 radical (unpaired) electrons. The summed E-state index contributed by atoms with van der Waals surface area (Å²) in [6.07, 6.45) is 2.56. The SMILES string of the molecule is NC1CCC(C(=O)N(Cc2cccs2)c2ccc3c(c2)OCCO3)C1. The van der Waals surface area contributed by atoms with E-state index in [0.29, 0.717) is 25.5 Å². The lowest BCUT2D eigenvalue weighted by molar-refractivity contribution is -0.122. The maximum absolute atomic E-state index is 13.2. The summed E-state index contributed by atoms with van der Waals surface area (Å²) in [6.45, 7) is 1.67. The Labute approximate surface area is 151 Å². The maximum atomic E-state index is 13.2. The van der Waals surface area contributed by atoms with Crippen LogP contribution in [0.3, 0.4) is 0 Å². The first-order valence-electron chi connectivity index (χ1n) is 8.69. The topological polar surface area (TPSA) is 64.8 Å². The molecule has 2 unspecified atom stereocenters. The van der Waals surface area contributed by atoms with E-state index in [9.17, 15) is 4.79 Å². The van der Waals surface area contributed by atoms with Gasteiger partial charge in [-0.15, -0.1) is 11.3 Å². The second kappa shape index (κ2) is 7.06. The summed E-state index contributed by atoms with van der Waals surface area (Å²) in [7, 11) is 0. The van der Waals surface area contributed by atoms with Crippen molar-refractivity contribution >= 4 is 22.9 Å². The Morgan fingerprint density at radius 2 is 2.04 bits per heavy atom. The molecule has 4 rings (SSSR count). The standard InChI is InChI=1S/C19H22N2O3S/c20-14-4-3-13(10-14)19(22)21(12-16-2-1-9-25-16)15-5-6-17-18(11-15)24-8-7-23-17/h1-2,5-6,9,11,13-14H,3-4,7-8,10,12,20H2. The highest BCUT2D eigenvalue weighted by Crippen LogP contribution is 2.36. The summed E-state index contributed by atoms with van der Waals surface area (Å²) in [4.78, 5) is 16.2. The van der Waals surface area contributed by atoms with Crippen molar-refractivity contribution in [1.82, 2.24) is 0 Å². The van der Waals surface area contributed by atoms with Gasteiger partial charge in [-0.3, -0.25) is 4.79 Å². The predicted molar refractivity (Wildman–Crippen MR) is 98.3 cm³/mol. The Morgan fingerprint density at radius 1 is 1.20 bits per heavy atom. The summed E-state index contributed by atoms with van der Waals surface area (Å²) in [5.41, 5.74) is 6.87. The number of rotatable bonds is 4. The number of hydrogen-bond donors (Lipinski definition) is 1. The number of carbonyl (C=O) groups excluding carboxylic acids is 1. The van der Waals surface area contributed by atoms with Crippen LogP contribution in [0.25, 0.3) is 0 Å². The molecule has 1 amide bonds. The number of thiophene rings is 1. The van der Waals surface area contributed by atoms with Gasteiger partial charge in [0.05, 0.1) is 6.54 Å². The summed E-state index contributed by atoms with van der Waals surface area (Å²) in [6, 6.07) is 9.95. The van der Waals surface area contributed by atoms with Gasteiger partial charge in [0, 0.05) is 28.6 Å². The molecule has 1 aliphatic heterocycles. The quantitative estimate of drug-likeness (QED) is 0.912. The summed E-state index contributed by atoms with van der Waals surface area (Å²) in [5, 5.41) is 2.04. The number of fused-ring (bicyclic) bond motifs is 1. The van der Waals surface area contributed by atoms with E-state index in [1.165, 1.54) is 0 Å². The third kappa shape index (κ3) is 3.50. The van der Waals surface area contributed by atoms with Crippen LogP contribution in [0.4, 0.5) is 5.69 Å². The fourth-order valence-corrected chi connectivity index (χ4v) is 4.21. The molecule has 132 valence electrons. The normalized spacial score (nSPS) is 22.0. The van der Waals surface area contributed by atoms with Gasteiger partial charge < -0.3 is 20.1 Å². The van der Waals surface area contributed by atoms with Gasteiger partial charge in [-0.25, -0.2) is 0 Å². The average Bonchev–Trinajstić information content (AvgIpc) is 3.30. The predicted octanol–water partition coefficient (Wildman–Crippen LogP) is 3.18. The fourth-order valence-electron chi connectivity index (χ4n) is 3.52. The van der Waals surface area contributed by atoms with Crippen LogP contribution >= 0.6 is 11.3 Å². The van der Waals surface area contributed by atoms with Gasteiger partial charge in [0.2, 0.25) is 5.91 Å². The molecule has 5 nitrogen and oxygen atoms in total. The highest BCUT2D eigenvalue weighted by Gasteiger charge is 2.32. The molecule has 0 saturated heterocycles. The van der Waals surface area contributed by atoms with Gasteiger partial charge in [-0.1, -0.05) is 6.07 Å². The molecule has 2 atom stereocenters. The Kier molecular flexibility index (Phi) is 4.63. The number of hydrogen-bond acceptors (Lipinski definition) is 5. The van der Waals surface area contributed by atoms with Crippen LogP contribution in [0.15, 0.2) is 35.7 Å². The van der Waals surface area contributed by atoms with E-state index in [1.54, 1.807) is 11.3 Å².